The van der Waals surface area contributed by atoms with Crippen molar-refractivity contribution in [2.24, 2.45) is 5.92 Å². The third-order valence-corrected chi connectivity index (χ3v) is 4.99. The lowest BCUT2D eigenvalue weighted by Gasteiger charge is -2.31. The fraction of sp³-hybridized carbons (Fsp3) is 0.786. The maximum atomic E-state index is 12.4. The van der Waals surface area contributed by atoms with Crippen molar-refractivity contribution >= 4 is 23.6 Å². The van der Waals surface area contributed by atoms with Crippen molar-refractivity contribution < 1.29 is 14.3 Å². The number of rotatable bonds is 6. The number of carbonyl (C=O) groups excluding carboxylic acids is 2. The van der Waals surface area contributed by atoms with E-state index in [1.54, 1.807) is 16.5 Å². The van der Waals surface area contributed by atoms with Gasteiger partial charge in [0.05, 0.1) is 24.3 Å². The number of hydrogen-bond acceptors (Lipinski definition) is 7. The molecule has 2 heterocycles. The topological polar surface area (TPSA) is 90.2 Å². The van der Waals surface area contributed by atoms with Crippen LogP contribution in [0.15, 0.2) is 5.16 Å². The number of carbonyl (C=O) groups is 2. The van der Waals surface area contributed by atoms with Gasteiger partial charge in [0, 0.05) is 13.1 Å². The Morgan fingerprint density at radius 1 is 1.35 bits per heavy atom. The molecule has 1 aliphatic carbocycles. The van der Waals surface area contributed by atoms with Crippen LogP contribution in [0.25, 0.3) is 0 Å². The Labute approximate surface area is 138 Å². The van der Waals surface area contributed by atoms with Crippen molar-refractivity contribution in [2.45, 2.75) is 43.8 Å². The van der Waals surface area contributed by atoms with Crippen LogP contribution in [0.5, 0.6) is 0 Å². The number of hydrogen-bond donors (Lipinski definition) is 0. The fourth-order valence-electron chi connectivity index (χ4n) is 2.70. The molecular formula is C14H21N5O3S. The number of thioether (sulfide) groups is 1. The zero-order valence-electron chi connectivity index (χ0n) is 13.2. The number of ether oxygens (including phenoxy) is 1. The van der Waals surface area contributed by atoms with E-state index < -0.39 is 0 Å². The lowest BCUT2D eigenvalue weighted by atomic mass is 9.98. The molecule has 0 aromatic carbocycles. The van der Waals surface area contributed by atoms with Gasteiger partial charge in [0.2, 0.25) is 11.1 Å². The van der Waals surface area contributed by atoms with Crippen molar-refractivity contribution in [2.75, 3.05) is 25.4 Å². The minimum Gasteiger partial charge on any atom is -0.466 e. The predicted octanol–water partition coefficient (Wildman–Crippen LogP) is 0.902. The van der Waals surface area contributed by atoms with E-state index in [0.717, 1.165) is 25.7 Å². The molecule has 23 heavy (non-hydrogen) atoms. The largest absolute Gasteiger partial charge is 0.466 e. The van der Waals surface area contributed by atoms with Gasteiger partial charge in [-0.15, -0.1) is 5.10 Å². The minimum absolute atomic E-state index is 0.0225. The van der Waals surface area contributed by atoms with E-state index in [0.29, 0.717) is 36.6 Å². The van der Waals surface area contributed by atoms with Crippen LogP contribution in [0, 0.1) is 5.92 Å². The molecule has 1 atom stereocenters. The molecule has 0 unspecified atom stereocenters. The Bertz CT molecular complexity index is 575. The first-order valence-corrected chi connectivity index (χ1v) is 9.02. The van der Waals surface area contributed by atoms with Crippen LogP contribution in [-0.2, 0) is 14.3 Å². The summed E-state index contributed by atoms with van der Waals surface area (Å²) in [7, 11) is 0. The molecular weight excluding hydrogens is 318 g/mol. The molecule has 0 spiro atoms. The van der Waals surface area contributed by atoms with Crippen LogP contribution in [-0.4, -0.2) is 62.4 Å². The monoisotopic (exact) mass is 339 g/mol. The van der Waals surface area contributed by atoms with E-state index in [2.05, 4.69) is 15.5 Å². The SMILES string of the molecule is CCOC(=O)[C@H]1CCCN(C(=O)CSc2nnnn2C2CC2)C1. The zero-order valence-corrected chi connectivity index (χ0v) is 14.0. The summed E-state index contributed by atoms with van der Waals surface area (Å²) in [6.45, 7) is 3.32. The number of esters is 1. The summed E-state index contributed by atoms with van der Waals surface area (Å²) in [5, 5.41) is 12.3. The summed E-state index contributed by atoms with van der Waals surface area (Å²) in [4.78, 5) is 26.0. The number of likely N-dealkylation sites (tertiary alicyclic amines) is 1. The third kappa shape index (κ3) is 4.01. The molecule has 0 bridgehead atoms. The fourth-order valence-corrected chi connectivity index (χ4v) is 3.55. The molecule has 9 heteroatoms. The summed E-state index contributed by atoms with van der Waals surface area (Å²) in [6.07, 6.45) is 3.81. The molecule has 1 aromatic heterocycles. The van der Waals surface area contributed by atoms with Crippen molar-refractivity contribution in [3.8, 4) is 0 Å². The van der Waals surface area contributed by atoms with Gasteiger partial charge in [-0.1, -0.05) is 11.8 Å². The molecule has 2 fully saturated rings. The molecule has 126 valence electrons. The third-order valence-electron chi connectivity index (χ3n) is 4.07. The second-order valence-electron chi connectivity index (χ2n) is 5.86. The van der Waals surface area contributed by atoms with Crippen LogP contribution in [0.1, 0.15) is 38.6 Å². The molecule has 1 saturated heterocycles. The summed E-state index contributed by atoms with van der Waals surface area (Å²) >= 11 is 1.36. The molecule has 1 saturated carbocycles. The van der Waals surface area contributed by atoms with Gasteiger partial charge in [0.15, 0.2) is 0 Å². The highest BCUT2D eigenvalue weighted by Gasteiger charge is 2.31. The normalized spacial score (nSPS) is 21.3. The van der Waals surface area contributed by atoms with Crippen molar-refractivity contribution in [1.82, 2.24) is 25.1 Å². The zero-order chi connectivity index (χ0) is 16.2. The van der Waals surface area contributed by atoms with Crippen molar-refractivity contribution in [1.29, 1.82) is 0 Å². The highest BCUT2D eigenvalue weighted by molar-refractivity contribution is 7.99. The Morgan fingerprint density at radius 2 is 2.17 bits per heavy atom. The maximum absolute atomic E-state index is 12.4. The summed E-state index contributed by atoms with van der Waals surface area (Å²) in [5.74, 6) is -0.0815. The van der Waals surface area contributed by atoms with Crippen LogP contribution < -0.4 is 0 Å². The average Bonchev–Trinajstić information content (AvgIpc) is 3.31. The van der Waals surface area contributed by atoms with Crippen molar-refractivity contribution in [3.63, 3.8) is 0 Å². The summed E-state index contributed by atoms with van der Waals surface area (Å²) in [6, 6.07) is 0.394. The summed E-state index contributed by atoms with van der Waals surface area (Å²) in [5.41, 5.74) is 0. The minimum atomic E-state index is -0.200. The van der Waals surface area contributed by atoms with Gasteiger partial charge in [0.1, 0.15) is 0 Å². The van der Waals surface area contributed by atoms with Crippen LogP contribution in [0.3, 0.4) is 0 Å². The first kappa shape index (κ1) is 16.2. The number of tetrazole rings is 1. The molecule has 0 N–H and O–H groups in total. The average molecular weight is 339 g/mol. The van der Waals surface area contributed by atoms with Gasteiger partial charge in [-0.25, -0.2) is 4.68 Å². The van der Waals surface area contributed by atoms with Crippen LogP contribution in [0.4, 0.5) is 0 Å². The predicted molar refractivity (Wildman–Crippen MR) is 82.7 cm³/mol. The van der Waals surface area contributed by atoms with E-state index in [1.807, 2.05) is 0 Å². The molecule has 3 rings (SSSR count). The molecule has 2 aliphatic rings. The number of piperidine rings is 1. The van der Waals surface area contributed by atoms with Gasteiger partial charge < -0.3 is 9.64 Å². The highest BCUT2D eigenvalue weighted by atomic mass is 32.2. The number of nitrogens with zero attached hydrogens (tertiary/aromatic N) is 5. The van der Waals surface area contributed by atoms with Crippen molar-refractivity contribution in [3.05, 3.63) is 0 Å². The Balaban J connectivity index is 1.51. The van der Waals surface area contributed by atoms with Gasteiger partial charge in [0.25, 0.3) is 0 Å². The van der Waals surface area contributed by atoms with E-state index in [9.17, 15) is 9.59 Å². The van der Waals surface area contributed by atoms with Gasteiger partial charge >= 0.3 is 5.97 Å². The molecule has 1 aliphatic heterocycles. The van der Waals surface area contributed by atoms with E-state index >= 15 is 0 Å². The maximum Gasteiger partial charge on any atom is 0.310 e. The summed E-state index contributed by atoms with van der Waals surface area (Å²) < 4.78 is 6.87. The lowest BCUT2D eigenvalue weighted by Crippen LogP contribution is -2.43. The van der Waals surface area contributed by atoms with Gasteiger partial charge in [-0.2, -0.15) is 0 Å². The van der Waals surface area contributed by atoms with Crippen LogP contribution in [0.2, 0.25) is 0 Å². The second-order valence-corrected chi connectivity index (χ2v) is 6.80. The smallest absolute Gasteiger partial charge is 0.310 e. The van der Waals surface area contributed by atoms with E-state index in [-0.39, 0.29) is 17.8 Å². The standard InChI is InChI=1S/C14H21N5O3S/c1-2-22-13(21)10-4-3-7-18(8-10)12(20)9-23-14-15-16-17-19(14)11-5-6-11/h10-11H,2-9H2,1H3/t10-/m0/s1. The van der Waals surface area contributed by atoms with Gasteiger partial charge in [-0.05, 0) is 43.0 Å². The molecule has 1 amide bonds. The van der Waals surface area contributed by atoms with Crippen LogP contribution >= 0.6 is 11.8 Å². The van der Waals surface area contributed by atoms with E-state index in [1.165, 1.54) is 11.8 Å². The first-order valence-electron chi connectivity index (χ1n) is 8.04. The molecule has 1 aromatic rings. The highest BCUT2D eigenvalue weighted by Crippen LogP contribution is 2.36. The Hall–Kier alpha value is -1.64. The Morgan fingerprint density at radius 3 is 2.91 bits per heavy atom. The van der Waals surface area contributed by atoms with E-state index in [4.69, 9.17) is 4.74 Å². The lowest BCUT2D eigenvalue weighted by molar-refractivity contribution is -0.151. The number of amides is 1. The molecule has 0 radical (unpaired) electrons. The number of aromatic nitrogens is 4. The Kier molecular flexibility index (Phi) is 5.14. The second kappa shape index (κ2) is 7.29. The van der Waals surface area contributed by atoms with Gasteiger partial charge in [-0.3, -0.25) is 9.59 Å². The first-order chi connectivity index (χ1) is 11.2. The quantitative estimate of drug-likeness (QED) is 0.562. The molecule has 8 nitrogen and oxygen atoms in total.